The van der Waals surface area contributed by atoms with Crippen LogP contribution in [0.4, 0.5) is 34.1 Å². The zero-order valence-corrected chi connectivity index (χ0v) is 49.4. The second-order valence-corrected chi connectivity index (χ2v) is 25.2. The van der Waals surface area contributed by atoms with Crippen LogP contribution in [-0.4, -0.2) is 6.71 Å². The van der Waals surface area contributed by atoms with Crippen LogP contribution in [0.15, 0.2) is 309 Å². The van der Waals surface area contributed by atoms with Gasteiger partial charge in [-0.15, -0.1) is 0 Å². The molecular weight excluding hydrogens is 1020 g/mol. The predicted octanol–water partition coefficient (Wildman–Crippen LogP) is 18.8. The monoisotopic (exact) mass is 1090 g/mol. The SMILES string of the molecule is CC(C)(C)c1ccc2c(c1)B1c3cc(C(C)(C)C)ccc3N(c3ccc(C(c4ccccc4)(c4ccccc4)c4ccccc4)cc3)c3cc(-c4ccccc4)cc(c31)N2c1ccc(C(c2ccccc2)(c2ccccc2)c2ccccc2)cc1. The third kappa shape index (κ3) is 8.95. The molecule has 2 nitrogen and oxygen atoms in total. The Hall–Kier alpha value is -9.70. The average Bonchev–Trinajstić information content (AvgIpc) is 0.835. The van der Waals surface area contributed by atoms with E-state index in [-0.39, 0.29) is 17.5 Å². The highest BCUT2D eigenvalue weighted by Gasteiger charge is 2.46. The fourth-order valence-corrected chi connectivity index (χ4v) is 14.1. The van der Waals surface area contributed by atoms with Gasteiger partial charge in [0.05, 0.1) is 10.8 Å². The van der Waals surface area contributed by atoms with Crippen molar-refractivity contribution >= 4 is 57.2 Å². The molecule has 12 aromatic carbocycles. The van der Waals surface area contributed by atoms with Gasteiger partial charge in [0, 0.05) is 34.1 Å². The van der Waals surface area contributed by atoms with E-state index in [4.69, 9.17) is 0 Å². The van der Waals surface area contributed by atoms with Crippen molar-refractivity contribution in [3.8, 4) is 11.1 Å². The van der Waals surface area contributed by atoms with E-state index >= 15 is 0 Å². The van der Waals surface area contributed by atoms with Crippen molar-refractivity contribution in [1.82, 2.24) is 0 Å². The van der Waals surface area contributed by atoms with Crippen molar-refractivity contribution in [2.75, 3.05) is 9.80 Å². The minimum absolute atomic E-state index is 0.0701. The van der Waals surface area contributed by atoms with Gasteiger partial charge in [0.1, 0.15) is 0 Å². The third-order valence-corrected chi connectivity index (χ3v) is 18.3. The Kier molecular flexibility index (Phi) is 13.3. The van der Waals surface area contributed by atoms with Crippen LogP contribution < -0.4 is 26.2 Å². The number of hydrogen-bond donors (Lipinski definition) is 0. The number of anilines is 6. The number of rotatable bonds is 11. The van der Waals surface area contributed by atoms with Crippen LogP contribution >= 0.6 is 0 Å². The molecule has 0 radical (unpaired) electrons. The lowest BCUT2D eigenvalue weighted by Gasteiger charge is -2.45. The first-order chi connectivity index (χ1) is 41.4. The Labute approximate surface area is 503 Å². The van der Waals surface area contributed by atoms with Gasteiger partial charge < -0.3 is 9.80 Å². The fraction of sp³-hybridized carbons (Fsp3) is 0.122. The van der Waals surface area contributed by atoms with Crippen LogP contribution in [0.25, 0.3) is 11.1 Å². The lowest BCUT2D eigenvalue weighted by Crippen LogP contribution is -2.61. The molecule has 0 amide bonds. The maximum Gasteiger partial charge on any atom is 0.252 e. The van der Waals surface area contributed by atoms with Crippen LogP contribution in [0, 0.1) is 0 Å². The molecule has 410 valence electrons. The summed E-state index contributed by atoms with van der Waals surface area (Å²) in [6, 6.07) is 116. The zero-order chi connectivity index (χ0) is 57.9. The van der Waals surface area contributed by atoms with Crippen LogP contribution in [0.5, 0.6) is 0 Å². The van der Waals surface area contributed by atoms with Crippen LogP contribution in [0.2, 0.25) is 0 Å². The van der Waals surface area contributed by atoms with E-state index < -0.39 is 10.8 Å². The molecule has 2 heterocycles. The molecule has 2 aliphatic heterocycles. The first kappa shape index (κ1) is 53.3. The van der Waals surface area contributed by atoms with Crippen molar-refractivity contribution in [3.63, 3.8) is 0 Å². The normalized spacial score (nSPS) is 13.0. The van der Waals surface area contributed by atoms with Gasteiger partial charge in [0.15, 0.2) is 0 Å². The fourth-order valence-electron chi connectivity index (χ4n) is 14.1. The van der Waals surface area contributed by atoms with Crippen molar-refractivity contribution in [1.29, 1.82) is 0 Å². The first-order valence-corrected chi connectivity index (χ1v) is 30.1. The van der Waals surface area contributed by atoms with E-state index in [1.807, 2.05) is 0 Å². The summed E-state index contributed by atoms with van der Waals surface area (Å²) in [6.07, 6.45) is 0. The van der Waals surface area contributed by atoms with Crippen molar-refractivity contribution in [3.05, 3.63) is 365 Å². The molecule has 14 rings (SSSR count). The largest absolute Gasteiger partial charge is 0.311 e. The Balaban J connectivity index is 1.03. The minimum Gasteiger partial charge on any atom is -0.311 e. The topological polar surface area (TPSA) is 6.48 Å². The molecule has 0 bridgehead atoms. The zero-order valence-electron chi connectivity index (χ0n) is 49.4. The first-order valence-electron chi connectivity index (χ1n) is 30.1. The molecule has 0 atom stereocenters. The van der Waals surface area contributed by atoms with Gasteiger partial charge in [0.2, 0.25) is 0 Å². The predicted molar refractivity (Wildman–Crippen MR) is 360 cm³/mol. The number of hydrogen-bond acceptors (Lipinski definition) is 2. The van der Waals surface area contributed by atoms with E-state index in [1.165, 1.54) is 100 Å². The van der Waals surface area contributed by atoms with Crippen LogP contribution in [0.1, 0.15) is 97.2 Å². The summed E-state index contributed by atoms with van der Waals surface area (Å²) in [5, 5.41) is 0. The maximum atomic E-state index is 2.58. The molecule has 0 fully saturated rings. The molecular formula is C82H69BN2. The van der Waals surface area contributed by atoms with Gasteiger partial charge in [-0.1, -0.05) is 302 Å². The second-order valence-electron chi connectivity index (χ2n) is 25.2. The molecule has 0 spiro atoms. The highest BCUT2D eigenvalue weighted by molar-refractivity contribution is 7.00. The second kappa shape index (κ2) is 21.2. The number of fused-ring (bicyclic) bond motifs is 4. The van der Waals surface area contributed by atoms with E-state index in [2.05, 4.69) is 361 Å². The minimum atomic E-state index is -0.589. The van der Waals surface area contributed by atoms with E-state index in [1.54, 1.807) is 0 Å². The van der Waals surface area contributed by atoms with Crippen molar-refractivity contribution in [2.24, 2.45) is 0 Å². The summed E-state index contributed by atoms with van der Waals surface area (Å²) >= 11 is 0. The summed E-state index contributed by atoms with van der Waals surface area (Å²) in [5.41, 5.74) is 24.2. The summed E-state index contributed by atoms with van der Waals surface area (Å²) in [6.45, 7) is 14.0. The maximum absolute atomic E-state index is 2.58. The summed E-state index contributed by atoms with van der Waals surface area (Å²) < 4.78 is 0. The van der Waals surface area contributed by atoms with E-state index in [0.717, 1.165) is 16.9 Å². The number of nitrogens with zero attached hydrogens (tertiary/aromatic N) is 2. The lowest BCUT2D eigenvalue weighted by molar-refractivity contribution is 0.590. The average molecular weight is 1090 g/mol. The smallest absolute Gasteiger partial charge is 0.252 e. The third-order valence-electron chi connectivity index (χ3n) is 18.3. The van der Waals surface area contributed by atoms with Gasteiger partial charge in [-0.2, -0.15) is 0 Å². The van der Waals surface area contributed by atoms with Gasteiger partial charge in [-0.05, 0) is 143 Å². The van der Waals surface area contributed by atoms with Crippen LogP contribution in [0.3, 0.4) is 0 Å². The highest BCUT2D eigenvalue weighted by atomic mass is 15.2. The molecule has 0 aliphatic carbocycles. The van der Waals surface area contributed by atoms with E-state index in [9.17, 15) is 0 Å². The highest BCUT2D eigenvalue weighted by Crippen LogP contribution is 2.51. The van der Waals surface area contributed by atoms with Gasteiger partial charge >= 0.3 is 0 Å². The molecule has 85 heavy (non-hydrogen) atoms. The Bertz CT molecular complexity index is 3870. The van der Waals surface area contributed by atoms with Gasteiger partial charge in [-0.3, -0.25) is 0 Å². The molecule has 0 N–H and O–H groups in total. The standard InChI is InChI=1S/C82H69BN2/c1-79(2,3)68-46-52-74-72(56-68)83-73-57-69(80(4,5)6)47-53-75(73)85(71-50-44-67(45-51-71)82(63-36-22-11-23-37-63,64-38-24-12-25-39-64)65-40-26-13-27-41-65)77-55-59(58-28-14-7-15-29-58)54-76(78(77)83)84(74)70-48-42-66(43-49-70)81(60-30-16-8-17-31-60,61-32-18-9-19-33-61)62-34-20-10-21-35-62/h7-57H,1-6H3. The molecule has 12 aromatic rings. The van der Waals surface area contributed by atoms with Crippen molar-refractivity contribution in [2.45, 2.75) is 63.2 Å². The summed E-state index contributed by atoms with van der Waals surface area (Å²) in [4.78, 5) is 5.16. The van der Waals surface area contributed by atoms with E-state index in [0.29, 0.717) is 0 Å². The molecule has 0 aromatic heterocycles. The molecule has 0 unspecified atom stereocenters. The summed E-state index contributed by atoms with van der Waals surface area (Å²) in [5.74, 6) is 0. The Morgan fingerprint density at radius 1 is 0.235 bits per heavy atom. The Morgan fingerprint density at radius 3 is 0.776 bits per heavy atom. The van der Waals surface area contributed by atoms with Gasteiger partial charge in [-0.25, -0.2) is 0 Å². The lowest BCUT2D eigenvalue weighted by atomic mass is 9.33. The Morgan fingerprint density at radius 2 is 0.494 bits per heavy atom. The van der Waals surface area contributed by atoms with Crippen molar-refractivity contribution < 1.29 is 0 Å². The van der Waals surface area contributed by atoms with Crippen LogP contribution in [-0.2, 0) is 21.7 Å². The quantitative estimate of drug-likeness (QED) is 0.0941. The molecule has 2 aliphatic rings. The van der Waals surface area contributed by atoms with Gasteiger partial charge in [0.25, 0.3) is 6.71 Å². The molecule has 0 saturated heterocycles. The summed E-state index contributed by atoms with van der Waals surface area (Å²) in [7, 11) is 0. The number of benzene rings is 12. The molecule has 3 heteroatoms. The molecule has 0 saturated carbocycles.